The summed E-state index contributed by atoms with van der Waals surface area (Å²) in [5, 5.41) is 12.2. The number of carboxylic acids is 1. The van der Waals surface area contributed by atoms with Gasteiger partial charge < -0.3 is 5.11 Å². The van der Waals surface area contributed by atoms with Crippen LogP contribution in [0.25, 0.3) is 0 Å². The van der Waals surface area contributed by atoms with Gasteiger partial charge in [0.1, 0.15) is 0 Å². The van der Waals surface area contributed by atoms with Crippen molar-refractivity contribution < 1.29 is 9.90 Å². The van der Waals surface area contributed by atoms with Gasteiger partial charge in [-0.05, 0) is 0 Å². The van der Waals surface area contributed by atoms with Crippen LogP contribution in [-0.4, -0.2) is 27.7 Å². The Morgan fingerprint density at radius 2 is 2.60 bits per heavy atom. The molecule has 0 aromatic rings. The lowest BCUT2D eigenvalue weighted by Gasteiger charge is -2.58. The second-order valence-corrected chi connectivity index (χ2v) is 4.47. The fraction of sp³-hybridized carbons (Fsp3) is 0.833. The number of carbonyl (C=O) groups is 1. The molecular formula is C6H9NO2S. The summed E-state index contributed by atoms with van der Waals surface area (Å²) in [7, 11) is 0. The molecule has 2 N–H and O–H groups in total. The van der Waals surface area contributed by atoms with Gasteiger partial charge in [0.15, 0.2) is 4.87 Å². The summed E-state index contributed by atoms with van der Waals surface area (Å²) in [6, 6.07) is 0. The van der Waals surface area contributed by atoms with E-state index < -0.39 is 10.8 Å². The third kappa shape index (κ3) is 0.499. The van der Waals surface area contributed by atoms with Crippen molar-refractivity contribution in [2.75, 3.05) is 6.54 Å². The van der Waals surface area contributed by atoms with Crippen molar-refractivity contribution in [1.29, 1.82) is 0 Å². The van der Waals surface area contributed by atoms with Crippen molar-refractivity contribution in [2.24, 2.45) is 5.92 Å². The Morgan fingerprint density at radius 3 is 2.70 bits per heavy atom. The maximum absolute atomic E-state index is 10.6. The van der Waals surface area contributed by atoms with E-state index in [2.05, 4.69) is 12.2 Å². The number of nitrogens with one attached hydrogen (secondary N) is 1. The van der Waals surface area contributed by atoms with Crippen molar-refractivity contribution >= 4 is 17.7 Å². The molecule has 2 rings (SSSR count). The topological polar surface area (TPSA) is 49.3 Å². The molecule has 3 nitrogen and oxygen atoms in total. The van der Waals surface area contributed by atoms with E-state index in [-0.39, 0.29) is 0 Å². The number of thioether (sulfide) groups is 1. The third-order valence-electron chi connectivity index (χ3n) is 2.36. The summed E-state index contributed by atoms with van der Waals surface area (Å²) in [5.74, 6) is -0.332. The van der Waals surface area contributed by atoms with E-state index in [0.29, 0.717) is 11.2 Å². The fourth-order valence-electron chi connectivity index (χ4n) is 1.62. The largest absolute Gasteiger partial charge is 0.479 e. The summed E-state index contributed by atoms with van der Waals surface area (Å²) in [5.41, 5.74) is 0. The smallest absolute Gasteiger partial charge is 0.334 e. The van der Waals surface area contributed by atoms with Crippen LogP contribution in [0.5, 0.6) is 0 Å². The molecule has 0 aliphatic carbocycles. The highest BCUT2D eigenvalue weighted by atomic mass is 32.2. The van der Waals surface area contributed by atoms with Gasteiger partial charge in [-0.3, -0.25) is 5.32 Å². The fourth-order valence-corrected chi connectivity index (χ4v) is 3.17. The first-order valence-corrected chi connectivity index (χ1v) is 4.21. The predicted molar refractivity (Wildman–Crippen MR) is 38.9 cm³/mol. The quantitative estimate of drug-likeness (QED) is 0.570. The zero-order valence-corrected chi connectivity index (χ0v) is 6.44. The van der Waals surface area contributed by atoms with E-state index in [4.69, 9.17) is 5.11 Å². The van der Waals surface area contributed by atoms with Crippen LogP contribution in [0.1, 0.15) is 6.92 Å². The number of hydrogen-bond acceptors (Lipinski definition) is 3. The van der Waals surface area contributed by atoms with E-state index in [0.717, 1.165) is 6.54 Å². The lowest BCUT2D eigenvalue weighted by Crippen LogP contribution is -2.76. The zero-order chi connectivity index (χ0) is 7.35. The first kappa shape index (κ1) is 6.49. The molecule has 3 atom stereocenters. The highest BCUT2D eigenvalue weighted by Crippen LogP contribution is 2.55. The minimum absolute atomic E-state index is 0.370. The minimum Gasteiger partial charge on any atom is -0.479 e. The molecule has 0 saturated carbocycles. The van der Waals surface area contributed by atoms with Crippen LogP contribution in [-0.2, 0) is 4.79 Å². The van der Waals surface area contributed by atoms with Gasteiger partial charge >= 0.3 is 5.97 Å². The van der Waals surface area contributed by atoms with Crippen molar-refractivity contribution in [3.63, 3.8) is 0 Å². The first-order chi connectivity index (χ1) is 4.67. The summed E-state index contributed by atoms with van der Waals surface area (Å²) in [6.07, 6.45) is 0. The molecule has 2 aliphatic rings. The minimum atomic E-state index is -0.702. The SMILES string of the molecule is CC1SC2(C(=O)O)NCC12. The van der Waals surface area contributed by atoms with E-state index >= 15 is 0 Å². The van der Waals surface area contributed by atoms with Crippen molar-refractivity contribution in [1.82, 2.24) is 5.32 Å². The van der Waals surface area contributed by atoms with E-state index in [1.54, 1.807) is 0 Å². The molecule has 2 aliphatic heterocycles. The Balaban J connectivity index is 2.14. The van der Waals surface area contributed by atoms with Crippen LogP contribution in [0.4, 0.5) is 0 Å². The third-order valence-corrected chi connectivity index (χ3v) is 4.06. The highest BCUT2D eigenvalue weighted by Gasteiger charge is 2.64. The first-order valence-electron chi connectivity index (χ1n) is 3.33. The maximum Gasteiger partial charge on any atom is 0.334 e. The summed E-state index contributed by atoms with van der Waals surface area (Å²) in [6.45, 7) is 2.96. The van der Waals surface area contributed by atoms with Gasteiger partial charge in [-0.2, -0.15) is 0 Å². The van der Waals surface area contributed by atoms with E-state index in [1.807, 2.05) is 0 Å². The van der Waals surface area contributed by atoms with E-state index in [9.17, 15) is 4.79 Å². The molecule has 0 spiro atoms. The Kier molecular flexibility index (Phi) is 1.09. The number of hydrogen-bond donors (Lipinski definition) is 2. The molecule has 10 heavy (non-hydrogen) atoms. The Hall–Kier alpha value is -0.220. The summed E-state index contributed by atoms with van der Waals surface area (Å²) in [4.78, 5) is 10.0. The second kappa shape index (κ2) is 1.68. The number of carboxylic acid groups (broad SMARTS) is 1. The van der Waals surface area contributed by atoms with Gasteiger partial charge in [0.2, 0.25) is 0 Å². The molecule has 0 radical (unpaired) electrons. The molecule has 3 unspecified atom stereocenters. The average molecular weight is 159 g/mol. The maximum atomic E-state index is 10.6. The van der Waals surface area contributed by atoms with Gasteiger partial charge in [-0.25, -0.2) is 4.79 Å². The van der Waals surface area contributed by atoms with Crippen LogP contribution in [0, 0.1) is 5.92 Å². The molecule has 0 amide bonds. The van der Waals surface area contributed by atoms with Gasteiger partial charge in [0.05, 0.1) is 0 Å². The second-order valence-electron chi connectivity index (χ2n) is 2.85. The molecule has 2 fully saturated rings. The van der Waals surface area contributed by atoms with Crippen LogP contribution < -0.4 is 5.32 Å². The monoisotopic (exact) mass is 159 g/mol. The Labute approximate surface area is 63.2 Å². The summed E-state index contributed by atoms with van der Waals surface area (Å²) >= 11 is 1.52. The Bertz CT molecular complexity index is 196. The van der Waals surface area contributed by atoms with Crippen LogP contribution in [0.3, 0.4) is 0 Å². The average Bonchev–Trinajstić information content (AvgIpc) is 1.80. The number of aliphatic carboxylic acids is 1. The lowest BCUT2D eigenvalue weighted by atomic mass is 9.86. The predicted octanol–water partition coefficient (Wildman–Crippen LogP) is 0.122. The zero-order valence-electron chi connectivity index (χ0n) is 5.63. The van der Waals surface area contributed by atoms with E-state index in [1.165, 1.54) is 11.8 Å². The van der Waals surface area contributed by atoms with Crippen molar-refractivity contribution in [3.05, 3.63) is 0 Å². The van der Waals surface area contributed by atoms with Crippen molar-refractivity contribution in [3.8, 4) is 0 Å². The molecular weight excluding hydrogens is 150 g/mol. The normalized spacial score (nSPS) is 50.5. The van der Waals surface area contributed by atoms with Crippen LogP contribution >= 0.6 is 11.8 Å². The number of rotatable bonds is 1. The molecule has 0 aromatic carbocycles. The molecule has 2 saturated heterocycles. The van der Waals surface area contributed by atoms with Gasteiger partial charge in [-0.1, -0.05) is 6.92 Å². The van der Waals surface area contributed by atoms with Crippen LogP contribution in [0.2, 0.25) is 0 Å². The molecule has 2 heterocycles. The molecule has 0 aromatic heterocycles. The molecule has 0 bridgehead atoms. The van der Waals surface area contributed by atoms with Gasteiger partial charge in [0.25, 0.3) is 0 Å². The van der Waals surface area contributed by atoms with Gasteiger partial charge in [0, 0.05) is 17.7 Å². The highest BCUT2D eigenvalue weighted by molar-refractivity contribution is 8.03. The Morgan fingerprint density at radius 1 is 1.90 bits per heavy atom. The van der Waals surface area contributed by atoms with Gasteiger partial charge in [-0.15, -0.1) is 11.8 Å². The van der Waals surface area contributed by atoms with Crippen molar-refractivity contribution in [2.45, 2.75) is 17.0 Å². The van der Waals surface area contributed by atoms with Crippen LogP contribution in [0.15, 0.2) is 0 Å². The standard InChI is InChI=1S/C6H9NO2S/c1-3-4-2-7-6(4,10-3)5(8)9/h3-4,7H,2H2,1H3,(H,8,9). The molecule has 56 valence electrons. The number of fused-ring (bicyclic) bond motifs is 1. The summed E-state index contributed by atoms with van der Waals surface area (Å²) < 4.78 is 0. The molecule has 4 heteroatoms. The lowest BCUT2D eigenvalue weighted by molar-refractivity contribution is -0.147.